The Morgan fingerprint density at radius 3 is 2.03 bits per heavy atom. The number of halogens is 1. The van der Waals surface area contributed by atoms with Crippen LogP contribution in [0.15, 0.2) is 37.4 Å². The van der Waals surface area contributed by atoms with E-state index in [1.54, 1.807) is 17.1 Å². The van der Waals surface area contributed by atoms with Crippen LogP contribution in [0.5, 0.6) is 5.75 Å². The maximum atomic E-state index is 10.1. The lowest BCUT2D eigenvalue weighted by atomic mass is 10.1. The van der Waals surface area contributed by atoms with Crippen molar-refractivity contribution < 1.29 is 49.4 Å². The highest BCUT2D eigenvalue weighted by Crippen LogP contribution is 2.33. The van der Waals surface area contributed by atoms with Crippen molar-refractivity contribution in [3.8, 4) is 5.75 Å². The van der Waals surface area contributed by atoms with Crippen molar-refractivity contribution >= 4 is 41.2 Å². The molecule has 2 aromatic rings. The first kappa shape index (κ1) is 32.1. The van der Waals surface area contributed by atoms with E-state index in [1.165, 1.54) is 0 Å². The first-order valence-corrected chi connectivity index (χ1v) is 10.5. The summed E-state index contributed by atoms with van der Waals surface area (Å²) in [6.45, 7) is 10.8. The Bertz CT molecular complexity index is 1010. The molecule has 0 saturated heterocycles. The monoisotopic (exact) mass is 529 g/mol. The summed E-state index contributed by atoms with van der Waals surface area (Å²) < 4.78 is 7.69. The maximum absolute atomic E-state index is 10.1. The van der Waals surface area contributed by atoms with E-state index in [0.29, 0.717) is 29.1 Å². The fourth-order valence-corrected chi connectivity index (χ4v) is 2.58. The topological polar surface area (TPSA) is 209 Å². The van der Waals surface area contributed by atoms with Crippen LogP contribution in [0.2, 0.25) is 5.02 Å². The van der Waals surface area contributed by atoms with Gasteiger partial charge in [0.05, 0.1) is 12.0 Å². The number of aliphatic carboxylic acids is 4. The maximum Gasteiger partial charge on any atom is 0.414 e. The lowest BCUT2D eigenvalue weighted by Gasteiger charge is -2.19. The van der Waals surface area contributed by atoms with Crippen LogP contribution in [0, 0.1) is 6.92 Å². The average molecular weight is 530 g/mol. The number of carbonyl (C=O) groups is 4. The Balaban J connectivity index is 0.000000846. The molecule has 0 spiro atoms. The van der Waals surface area contributed by atoms with Crippen molar-refractivity contribution in [1.29, 1.82) is 0 Å². The van der Waals surface area contributed by atoms with Crippen molar-refractivity contribution in [2.45, 2.75) is 32.9 Å². The second kappa shape index (κ2) is 15.9. The molecule has 0 amide bonds. The number of benzene rings is 1. The van der Waals surface area contributed by atoms with Crippen LogP contribution in [-0.4, -0.2) is 84.3 Å². The molecule has 0 fully saturated rings. The number of aromatic nitrogens is 2. The summed E-state index contributed by atoms with van der Waals surface area (Å²) >= 11 is 6.19. The van der Waals surface area contributed by atoms with E-state index in [9.17, 15) is 5.11 Å². The lowest BCUT2D eigenvalue weighted by Crippen LogP contribution is -2.35. The molecule has 0 aliphatic rings. The first-order valence-electron chi connectivity index (χ1n) is 10.1. The van der Waals surface area contributed by atoms with Gasteiger partial charge in [0.15, 0.2) is 0 Å². The molecule has 0 aliphatic carbocycles. The van der Waals surface area contributed by atoms with E-state index >= 15 is 0 Å². The van der Waals surface area contributed by atoms with Gasteiger partial charge in [-0.2, -0.15) is 0 Å². The molecule has 0 saturated carbocycles. The molecular weight excluding hydrogens is 502 g/mol. The zero-order valence-corrected chi connectivity index (χ0v) is 20.5. The Kier molecular flexibility index (Phi) is 14.1. The highest BCUT2D eigenvalue weighted by Gasteiger charge is 2.15. The van der Waals surface area contributed by atoms with Crippen LogP contribution in [-0.2, 0) is 19.2 Å². The number of aliphatic hydroxyl groups excluding tert-OH is 1. The summed E-state index contributed by atoms with van der Waals surface area (Å²) in [6.07, 6.45) is 4.56. The van der Waals surface area contributed by atoms with E-state index in [-0.39, 0.29) is 6.61 Å². The fraction of sp³-hybridized carbons (Fsp3) is 0.318. The number of nitrogens with zero attached hydrogens (tertiary/aromatic N) is 2. The molecule has 36 heavy (non-hydrogen) atoms. The number of rotatable bonds is 8. The minimum absolute atomic E-state index is 0.187. The number of carboxylic acids is 4. The molecule has 13 nitrogen and oxygen atoms in total. The van der Waals surface area contributed by atoms with Crippen LogP contribution >= 0.6 is 11.6 Å². The Labute approximate surface area is 211 Å². The van der Waals surface area contributed by atoms with Crippen LogP contribution in [0.3, 0.4) is 0 Å². The molecule has 0 aliphatic heterocycles. The normalized spacial score (nSPS) is 10.7. The molecule has 1 heterocycles. The second-order valence-electron chi connectivity index (χ2n) is 7.26. The molecule has 1 aromatic carbocycles. The Morgan fingerprint density at radius 1 is 1.08 bits per heavy atom. The number of aliphatic hydroxyl groups is 1. The lowest BCUT2D eigenvalue weighted by molar-refractivity contribution is -0.159. The summed E-state index contributed by atoms with van der Waals surface area (Å²) in [6, 6.07) is 3.96. The standard InChI is InChI=1S/C18H24ClN3O2.2C2H2O4/c1-12(2)21-9-16(23)10-24-18-13(3)7-15(19)8-17(18)14(4)22-6-5-20-11-22;2*3-1(4)2(5)6/h5-8,11-12,16,21,23H,4,9-10H2,1-3H3;2*(H,3,4)(H,5,6). The van der Waals surface area contributed by atoms with Gasteiger partial charge in [-0.1, -0.05) is 32.0 Å². The molecule has 0 bridgehead atoms. The van der Waals surface area contributed by atoms with Crippen LogP contribution < -0.4 is 10.1 Å². The fourth-order valence-electron chi connectivity index (χ4n) is 2.30. The van der Waals surface area contributed by atoms with Gasteiger partial charge in [-0.15, -0.1) is 0 Å². The van der Waals surface area contributed by atoms with Crippen LogP contribution in [0.1, 0.15) is 25.0 Å². The van der Waals surface area contributed by atoms with Crippen molar-refractivity contribution in [2.75, 3.05) is 13.2 Å². The van der Waals surface area contributed by atoms with E-state index in [4.69, 9.17) is 55.9 Å². The molecule has 1 atom stereocenters. The summed E-state index contributed by atoms with van der Waals surface area (Å²) in [5.41, 5.74) is 2.38. The zero-order valence-electron chi connectivity index (χ0n) is 19.7. The van der Waals surface area contributed by atoms with Gasteiger partial charge in [-0.25, -0.2) is 24.2 Å². The first-order chi connectivity index (χ1) is 16.7. The predicted octanol–water partition coefficient (Wildman–Crippen LogP) is 1.41. The SMILES string of the molecule is C=C(c1cc(Cl)cc(C)c1OCC(O)CNC(C)C)n1ccnc1.O=C(O)C(=O)O.O=C(O)C(=O)O. The van der Waals surface area contributed by atoms with E-state index in [0.717, 1.165) is 11.1 Å². The Hall–Kier alpha value is -3.94. The second-order valence-corrected chi connectivity index (χ2v) is 7.70. The molecule has 2 rings (SSSR count). The number of imidazole rings is 1. The van der Waals surface area contributed by atoms with Crippen molar-refractivity contribution in [1.82, 2.24) is 14.9 Å². The van der Waals surface area contributed by atoms with Crippen molar-refractivity contribution in [2.24, 2.45) is 0 Å². The number of aryl methyl sites for hydroxylation is 1. The van der Waals surface area contributed by atoms with E-state index < -0.39 is 30.0 Å². The molecule has 198 valence electrons. The molecule has 14 heteroatoms. The van der Waals surface area contributed by atoms with Crippen LogP contribution in [0.4, 0.5) is 0 Å². The molecule has 6 N–H and O–H groups in total. The number of hydrogen-bond acceptors (Lipinski definition) is 8. The van der Waals surface area contributed by atoms with Gasteiger partial charge in [-0.05, 0) is 24.6 Å². The van der Waals surface area contributed by atoms with Gasteiger partial charge in [-0.3, -0.25) is 0 Å². The highest BCUT2D eigenvalue weighted by molar-refractivity contribution is 6.31. The van der Waals surface area contributed by atoms with Gasteiger partial charge in [0.25, 0.3) is 0 Å². The zero-order chi connectivity index (χ0) is 28.0. The summed E-state index contributed by atoms with van der Waals surface area (Å²) in [4.78, 5) is 40.4. The molecule has 1 unspecified atom stereocenters. The highest BCUT2D eigenvalue weighted by atomic mass is 35.5. The number of nitrogens with one attached hydrogen (secondary N) is 1. The predicted molar refractivity (Wildman–Crippen MR) is 128 cm³/mol. The van der Waals surface area contributed by atoms with Gasteiger partial charge < -0.3 is 40.2 Å². The number of hydrogen-bond donors (Lipinski definition) is 6. The Morgan fingerprint density at radius 2 is 1.61 bits per heavy atom. The summed E-state index contributed by atoms with van der Waals surface area (Å²) in [5, 5.41) is 43.4. The van der Waals surface area contributed by atoms with Gasteiger partial charge in [0, 0.05) is 35.6 Å². The van der Waals surface area contributed by atoms with Gasteiger partial charge in [0.1, 0.15) is 18.5 Å². The minimum Gasteiger partial charge on any atom is -0.490 e. The van der Waals surface area contributed by atoms with Crippen molar-refractivity contribution in [3.05, 3.63) is 53.6 Å². The van der Waals surface area contributed by atoms with Gasteiger partial charge >= 0.3 is 23.9 Å². The number of ether oxygens (including phenoxy) is 1. The quantitative estimate of drug-likeness (QED) is 0.268. The van der Waals surface area contributed by atoms with E-state index in [1.807, 2.05) is 39.1 Å². The largest absolute Gasteiger partial charge is 0.490 e. The van der Waals surface area contributed by atoms with Gasteiger partial charge in [0.2, 0.25) is 0 Å². The summed E-state index contributed by atoms with van der Waals surface area (Å²) in [5.74, 6) is -6.63. The summed E-state index contributed by atoms with van der Waals surface area (Å²) in [7, 11) is 0. The third-order valence-corrected chi connectivity index (χ3v) is 4.13. The van der Waals surface area contributed by atoms with Crippen LogP contribution in [0.25, 0.3) is 5.70 Å². The van der Waals surface area contributed by atoms with Crippen molar-refractivity contribution in [3.63, 3.8) is 0 Å². The molecule has 0 radical (unpaired) electrons. The average Bonchev–Trinajstić information content (AvgIpc) is 3.31. The smallest absolute Gasteiger partial charge is 0.414 e. The number of carboxylic acid groups (broad SMARTS) is 4. The van der Waals surface area contributed by atoms with E-state index in [2.05, 4.69) is 16.9 Å². The molecule has 1 aromatic heterocycles. The minimum atomic E-state index is -1.82. The third kappa shape index (κ3) is 12.5. The molecular formula is C22H28ClN3O10. The third-order valence-electron chi connectivity index (χ3n) is 3.91.